The fourth-order valence-corrected chi connectivity index (χ4v) is 3.67. The molecule has 0 radical (unpaired) electrons. The van der Waals surface area contributed by atoms with E-state index in [9.17, 15) is 9.59 Å². The fraction of sp³-hybridized carbons (Fsp3) is 0.0800. The third-order valence-electron chi connectivity index (χ3n) is 5.33. The lowest BCUT2D eigenvalue weighted by atomic mass is 10.1. The number of amides is 2. The number of nitrogens with zero attached hydrogens (tertiary/aromatic N) is 4. The quantitative estimate of drug-likeness (QED) is 0.479. The van der Waals surface area contributed by atoms with Crippen molar-refractivity contribution >= 4 is 29.1 Å². The molecule has 3 aromatic heterocycles. The third-order valence-corrected chi connectivity index (χ3v) is 5.33. The predicted molar refractivity (Wildman–Crippen MR) is 127 cm³/mol. The van der Waals surface area contributed by atoms with Gasteiger partial charge in [-0.3, -0.25) is 9.59 Å². The molecule has 2 N–H and O–H groups in total. The minimum atomic E-state index is -0.355. The van der Waals surface area contributed by atoms with Crippen molar-refractivity contribution in [1.82, 2.24) is 15.0 Å². The molecule has 0 bridgehead atoms. The molecule has 5 rings (SSSR count). The zero-order valence-corrected chi connectivity index (χ0v) is 18.2. The number of carbonyl (C=O) groups is 2. The van der Waals surface area contributed by atoms with Crippen LogP contribution in [0, 0.1) is 0 Å². The lowest BCUT2D eigenvalue weighted by Crippen LogP contribution is -2.30. The van der Waals surface area contributed by atoms with Crippen LogP contribution in [0.5, 0.6) is 11.6 Å². The Balaban J connectivity index is 1.39. The van der Waals surface area contributed by atoms with Gasteiger partial charge in [0.1, 0.15) is 11.6 Å². The summed E-state index contributed by atoms with van der Waals surface area (Å²) in [5.41, 5.74) is 2.19. The van der Waals surface area contributed by atoms with Gasteiger partial charge in [-0.25, -0.2) is 15.0 Å². The number of fused-ring (bicyclic) bond motifs is 2. The number of pyridine rings is 3. The summed E-state index contributed by atoms with van der Waals surface area (Å²) in [6.07, 6.45) is 4.70. The maximum absolute atomic E-state index is 13.5. The van der Waals surface area contributed by atoms with Crippen molar-refractivity contribution < 1.29 is 14.3 Å². The third kappa shape index (κ3) is 4.02. The van der Waals surface area contributed by atoms with Crippen LogP contribution in [-0.4, -0.2) is 33.8 Å². The van der Waals surface area contributed by atoms with E-state index >= 15 is 0 Å². The maximum Gasteiger partial charge on any atom is 0.260 e. The Labute approximate surface area is 195 Å². The summed E-state index contributed by atoms with van der Waals surface area (Å²) in [6, 6.07) is 17.6. The van der Waals surface area contributed by atoms with E-state index in [2.05, 4.69) is 25.6 Å². The average Bonchev–Trinajstić information content (AvgIpc) is 3.05. The minimum Gasteiger partial charge on any atom is -0.436 e. The van der Waals surface area contributed by atoms with E-state index in [4.69, 9.17) is 4.74 Å². The summed E-state index contributed by atoms with van der Waals surface area (Å²) in [5.74, 6) is 1.19. The number of para-hydroxylation sites is 2. The second-order valence-corrected chi connectivity index (χ2v) is 7.46. The summed E-state index contributed by atoms with van der Waals surface area (Å²) in [4.78, 5) is 40.4. The van der Waals surface area contributed by atoms with Crippen molar-refractivity contribution in [3.63, 3.8) is 0 Å². The molecule has 9 heteroatoms. The van der Waals surface area contributed by atoms with Crippen LogP contribution < -0.4 is 20.3 Å². The molecule has 0 aliphatic carbocycles. The molecule has 0 unspecified atom stereocenters. The van der Waals surface area contributed by atoms with Gasteiger partial charge < -0.3 is 20.3 Å². The fourth-order valence-electron chi connectivity index (χ4n) is 3.67. The highest BCUT2D eigenvalue weighted by atomic mass is 16.5. The molecule has 4 aromatic rings. The predicted octanol–water partition coefficient (Wildman–Crippen LogP) is 4.12. The van der Waals surface area contributed by atoms with E-state index in [1.54, 1.807) is 54.7 Å². The van der Waals surface area contributed by atoms with Crippen molar-refractivity contribution in [2.75, 3.05) is 22.6 Å². The number of hydrogen-bond donors (Lipinski definition) is 2. The van der Waals surface area contributed by atoms with Crippen LogP contribution in [0.25, 0.3) is 0 Å². The number of hydrogen-bond acceptors (Lipinski definition) is 7. The molecule has 34 heavy (non-hydrogen) atoms. The molecule has 0 atom stereocenters. The van der Waals surface area contributed by atoms with Gasteiger partial charge in [-0.05, 0) is 42.5 Å². The van der Waals surface area contributed by atoms with E-state index < -0.39 is 0 Å². The Kier molecular flexibility index (Phi) is 5.57. The highest BCUT2D eigenvalue weighted by Crippen LogP contribution is 2.38. The van der Waals surface area contributed by atoms with Crippen molar-refractivity contribution in [2.45, 2.75) is 6.54 Å². The lowest BCUT2D eigenvalue weighted by Gasteiger charge is -2.22. The van der Waals surface area contributed by atoms with Gasteiger partial charge in [-0.2, -0.15) is 0 Å². The van der Waals surface area contributed by atoms with Gasteiger partial charge in [0.05, 0.1) is 23.4 Å². The summed E-state index contributed by atoms with van der Waals surface area (Å²) in [5, 5.41) is 5.62. The van der Waals surface area contributed by atoms with Crippen molar-refractivity contribution in [2.24, 2.45) is 0 Å². The van der Waals surface area contributed by atoms with E-state index in [1.807, 2.05) is 30.3 Å². The van der Waals surface area contributed by atoms with E-state index in [0.29, 0.717) is 46.6 Å². The molecule has 2 amide bonds. The molecule has 168 valence electrons. The maximum atomic E-state index is 13.5. The SMILES string of the molecule is CNc1ncccc1C(=O)Nc1ccc(C(=O)N2Cc3cccnc3Oc3ccccc32)cn1. The summed E-state index contributed by atoms with van der Waals surface area (Å²) < 4.78 is 5.96. The molecule has 9 nitrogen and oxygen atoms in total. The Morgan fingerprint density at radius 2 is 1.76 bits per heavy atom. The molecule has 0 saturated heterocycles. The summed E-state index contributed by atoms with van der Waals surface area (Å²) in [6.45, 7) is 0.297. The molecule has 1 aliphatic rings. The first-order chi connectivity index (χ1) is 16.6. The number of nitrogens with one attached hydrogen (secondary N) is 2. The van der Waals surface area contributed by atoms with Crippen LogP contribution in [-0.2, 0) is 6.54 Å². The normalized spacial score (nSPS) is 12.0. The van der Waals surface area contributed by atoms with Crippen LogP contribution in [0.4, 0.5) is 17.3 Å². The average molecular weight is 452 g/mol. The van der Waals surface area contributed by atoms with Crippen LogP contribution in [0.15, 0.2) is 79.3 Å². The zero-order valence-electron chi connectivity index (χ0n) is 18.2. The Bertz CT molecular complexity index is 1370. The van der Waals surface area contributed by atoms with E-state index in [1.165, 1.54) is 6.20 Å². The Morgan fingerprint density at radius 3 is 2.59 bits per heavy atom. The van der Waals surface area contributed by atoms with E-state index in [0.717, 1.165) is 5.56 Å². The monoisotopic (exact) mass is 452 g/mol. The molecule has 0 saturated carbocycles. The first-order valence-electron chi connectivity index (χ1n) is 10.6. The van der Waals surface area contributed by atoms with Crippen LogP contribution in [0.2, 0.25) is 0 Å². The first kappa shape index (κ1) is 21.1. The van der Waals surface area contributed by atoms with Gasteiger partial charge in [-0.15, -0.1) is 0 Å². The van der Waals surface area contributed by atoms with Crippen LogP contribution in [0.3, 0.4) is 0 Å². The van der Waals surface area contributed by atoms with Gasteiger partial charge >= 0.3 is 0 Å². The molecule has 0 fully saturated rings. The van der Waals surface area contributed by atoms with Gasteiger partial charge in [0.15, 0.2) is 5.75 Å². The standard InChI is InChI=1S/C25H20N6O3/c1-26-22-18(7-5-12-27-22)23(32)30-21-11-10-16(14-29-21)25(33)31-15-17-6-4-13-28-24(17)34-20-9-3-2-8-19(20)31/h2-14H,15H2,1H3,(H,26,27)(H,29,30,32). The van der Waals surface area contributed by atoms with Gasteiger partial charge in [-0.1, -0.05) is 18.2 Å². The second kappa shape index (κ2) is 8.99. The number of anilines is 3. The number of rotatable bonds is 4. The van der Waals surface area contributed by atoms with Crippen LogP contribution in [0.1, 0.15) is 26.3 Å². The topological polar surface area (TPSA) is 109 Å². The molecule has 4 heterocycles. The van der Waals surface area contributed by atoms with Crippen molar-refractivity contribution in [1.29, 1.82) is 0 Å². The second-order valence-electron chi connectivity index (χ2n) is 7.46. The molecule has 1 aliphatic heterocycles. The van der Waals surface area contributed by atoms with Crippen molar-refractivity contribution in [3.05, 3.63) is 95.9 Å². The minimum absolute atomic E-state index is 0.247. The highest BCUT2D eigenvalue weighted by Gasteiger charge is 2.27. The molecular formula is C25H20N6O3. The zero-order chi connectivity index (χ0) is 23.5. The van der Waals surface area contributed by atoms with Crippen molar-refractivity contribution in [3.8, 4) is 11.6 Å². The first-order valence-corrected chi connectivity index (χ1v) is 10.6. The highest BCUT2D eigenvalue weighted by molar-refractivity contribution is 6.08. The summed E-state index contributed by atoms with van der Waals surface area (Å²) >= 11 is 0. The smallest absolute Gasteiger partial charge is 0.260 e. The number of aromatic nitrogens is 3. The lowest BCUT2D eigenvalue weighted by molar-refractivity contribution is 0.0984. The largest absolute Gasteiger partial charge is 0.436 e. The molecular weight excluding hydrogens is 432 g/mol. The van der Waals surface area contributed by atoms with Crippen LogP contribution >= 0.6 is 0 Å². The Morgan fingerprint density at radius 1 is 0.941 bits per heavy atom. The van der Waals surface area contributed by atoms with Gasteiger partial charge in [0, 0.05) is 31.2 Å². The molecule has 1 aromatic carbocycles. The number of benzene rings is 1. The summed E-state index contributed by atoms with van der Waals surface area (Å²) in [7, 11) is 1.69. The van der Waals surface area contributed by atoms with Gasteiger partial charge in [0.25, 0.3) is 11.8 Å². The Hall–Kier alpha value is -4.79. The van der Waals surface area contributed by atoms with Gasteiger partial charge in [0.2, 0.25) is 5.88 Å². The van der Waals surface area contributed by atoms with E-state index in [-0.39, 0.29) is 11.8 Å². The number of ether oxygens (including phenoxy) is 1. The molecule has 0 spiro atoms. The number of carbonyl (C=O) groups excluding carboxylic acids is 2.